The lowest BCUT2D eigenvalue weighted by atomic mass is 9.86. The lowest BCUT2D eigenvalue weighted by Crippen LogP contribution is -1.98. The Morgan fingerprint density at radius 1 is 0.375 bits per heavy atom. The van der Waals surface area contributed by atoms with Gasteiger partial charge in [0.2, 0.25) is 0 Å². The number of benzene rings is 6. The first-order chi connectivity index (χ1) is 19.8. The molecule has 0 spiro atoms. The van der Waals surface area contributed by atoms with E-state index in [9.17, 15) is 0 Å². The Hall–Kier alpha value is -5.41. The molecule has 1 aliphatic rings. The van der Waals surface area contributed by atoms with Gasteiger partial charge in [-0.15, -0.1) is 0 Å². The minimum Gasteiger partial charge on any atom is -0.450 e. The van der Waals surface area contributed by atoms with E-state index in [2.05, 4.69) is 89.9 Å². The molecule has 0 amide bonds. The Morgan fingerprint density at radius 2 is 0.875 bits per heavy atom. The summed E-state index contributed by atoms with van der Waals surface area (Å²) in [6, 6.07) is 44.2. The Kier molecular flexibility index (Phi) is 5.14. The van der Waals surface area contributed by atoms with Gasteiger partial charge in [0.25, 0.3) is 0 Å². The summed E-state index contributed by atoms with van der Waals surface area (Å²) in [5.41, 5.74) is 6.96. The van der Waals surface area contributed by atoms with E-state index >= 15 is 0 Å². The van der Waals surface area contributed by atoms with E-state index in [1.807, 2.05) is 54.9 Å². The van der Waals surface area contributed by atoms with Crippen molar-refractivity contribution in [1.29, 1.82) is 0 Å². The van der Waals surface area contributed by atoms with Gasteiger partial charge in [0.15, 0.2) is 23.0 Å². The van der Waals surface area contributed by atoms with Gasteiger partial charge in [0.1, 0.15) is 0 Å². The van der Waals surface area contributed by atoms with Crippen LogP contribution in [0.4, 0.5) is 0 Å². The molecule has 8 rings (SSSR count). The predicted molar refractivity (Wildman–Crippen MR) is 162 cm³/mol. The molecule has 0 atom stereocenters. The minimum absolute atomic E-state index is 0.725. The normalized spacial score (nSPS) is 11.9. The summed E-state index contributed by atoms with van der Waals surface area (Å²) in [6.07, 6.45) is 3.78. The molecule has 0 aliphatic carbocycles. The summed E-state index contributed by atoms with van der Waals surface area (Å²) >= 11 is 0. The van der Waals surface area contributed by atoms with Gasteiger partial charge in [-0.05, 0) is 79.7 Å². The molecule has 2 heterocycles. The monoisotopic (exact) mass is 513 g/mol. The van der Waals surface area contributed by atoms with Gasteiger partial charge in [-0.2, -0.15) is 0 Å². The molecule has 0 fully saturated rings. The molecule has 0 saturated carbocycles. The molecule has 188 valence electrons. The molecule has 1 aliphatic heterocycles. The van der Waals surface area contributed by atoms with Crippen LogP contribution in [0.1, 0.15) is 0 Å². The molecular weight excluding hydrogens is 490 g/mol. The van der Waals surface area contributed by atoms with Crippen LogP contribution in [0.5, 0.6) is 23.0 Å². The van der Waals surface area contributed by atoms with E-state index in [1.165, 1.54) is 38.2 Å². The third-order valence-electron chi connectivity index (χ3n) is 7.62. The summed E-state index contributed by atoms with van der Waals surface area (Å²) in [5, 5.41) is 4.90. The van der Waals surface area contributed by atoms with Crippen molar-refractivity contribution in [2.75, 3.05) is 0 Å². The van der Waals surface area contributed by atoms with Crippen molar-refractivity contribution >= 4 is 21.5 Å². The summed E-state index contributed by atoms with van der Waals surface area (Å²) in [6.45, 7) is 0. The maximum atomic E-state index is 6.15. The summed E-state index contributed by atoms with van der Waals surface area (Å²) in [4.78, 5) is 4.42. The number of hydrogen-bond acceptors (Lipinski definition) is 3. The van der Waals surface area contributed by atoms with Crippen molar-refractivity contribution in [3.05, 3.63) is 140 Å². The van der Waals surface area contributed by atoms with Crippen LogP contribution >= 0.6 is 0 Å². The Morgan fingerprint density at radius 3 is 1.48 bits per heavy atom. The Balaban J connectivity index is 1.25. The number of ether oxygens (including phenoxy) is 2. The molecule has 0 bridgehead atoms. The Labute approximate surface area is 231 Å². The molecule has 7 aromatic rings. The summed E-state index contributed by atoms with van der Waals surface area (Å²) in [7, 11) is 0. The largest absolute Gasteiger partial charge is 0.450 e. The highest BCUT2D eigenvalue weighted by atomic mass is 16.6. The standard InChI is InChI=1S/C37H23NO2/c1-3-11-30-28(9-1)36(29-10-2-4-12-31(29)37(30)27-8-7-21-38-23-27)25-17-15-24(16-18-25)26-19-20-34-35(22-26)40-33-14-6-5-13-32(33)39-34/h1-23H. The van der Waals surface area contributed by atoms with E-state index in [1.54, 1.807) is 0 Å². The smallest absolute Gasteiger partial charge is 0.170 e. The highest BCUT2D eigenvalue weighted by molar-refractivity contribution is 6.21. The lowest BCUT2D eigenvalue weighted by Gasteiger charge is -2.21. The topological polar surface area (TPSA) is 31.4 Å². The van der Waals surface area contributed by atoms with Gasteiger partial charge in [-0.25, -0.2) is 0 Å². The van der Waals surface area contributed by atoms with Gasteiger partial charge in [-0.1, -0.05) is 97.1 Å². The van der Waals surface area contributed by atoms with E-state index in [-0.39, 0.29) is 0 Å². The molecule has 3 heteroatoms. The van der Waals surface area contributed by atoms with Gasteiger partial charge in [-0.3, -0.25) is 4.98 Å². The number of pyridine rings is 1. The van der Waals surface area contributed by atoms with Crippen LogP contribution in [0.15, 0.2) is 140 Å². The number of rotatable bonds is 3. The highest BCUT2D eigenvalue weighted by Crippen LogP contribution is 2.47. The predicted octanol–water partition coefficient (Wildman–Crippen LogP) is 10.3. The molecule has 0 saturated heterocycles. The SMILES string of the molecule is c1cncc(-c2c3ccccc3c(-c3ccc(-c4ccc5c(c4)Oc4ccccc4O5)cc3)c3ccccc23)c1. The quantitative estimate of drug-likeness (QED) is 0.220. The zero-order chi connectivity index (χ0) is 26.5. The lowest BCUT2D eigenvalue weighted by molar-refractivity contribution is 0.360. The molecule has 0 radical (unpaired) electrons. The van der Waals surface area contributed by atoms with Crippen molar-refractivity contribution in [2.24, 2.45) is 0 Å². The van der Waals surface area contributed by atoms with Crippen molar-refractivity contribution in [3.8, 4) is 56.4 Å². The number of aromatic nitrogens is 1. The average Bonchev–Trinajstić information content (AvgIpc) is 3.03. The first kappa shape index (κ1) is 22.6. The zero-order valence-corrected chi connectivity index (χ0v) is 21.5. The molecule has 0 unspecified atom stereocenters. The number of para-hydroxylation sites is 2. The van der Waals surface area contributed by atoms with Crippen molar-refractivity contribution in [3.63, 3.8) is 0 Å². The van der Waals surface area contributed by atoms with Gasteiger partial charge in [0.05, 0.1) is 0 Å². The van der Waals surface area contributed by atoms with Crippen LogP contribution in [0.3, 0.4) is 0 Å². The van der Waals surface area contributed by atoms with E-state index < -0.39 is 0 Å². The van der Waals surface area contributed by atoms with Gasteiger partial charge in [0, 0.05) is 18.0 Å². The van der Waals surface area contributed by atoms with Crippen LogP contribution in [-0.2, 0) is 0 Å². The Bertz CT molecular complexity index is 1990. The molecule has 0 N–H and O–H groups in total. The number of fused-ring (bicyclic) bond motifs is 4. The van der Waals surface area contributed by atoms with Crippen LogP contribution < -0.4 is 9.47 Å². The van der Waals surface area contributed by atoms with Crippen LogP contribution in [0.2, 0.25) is 0 Å². The molecule has 3 nitrogen and oxygen atoms in total. The van der Waals surface area contributed by atoms with Crippen LogP contribution in [0.25, 0.3) is 54.9 Å². The summed E-state index contributed by atoms with van der Waals surface area (Å²) in [5.74, 6) is 2.92. The van der Waals surface area contributed by atoms with E-state index in [0.29, 0.717) is 0 Å². The maximum absolute atomic E-state index is 6.15. The number of nitrogens with zero attached hydrogens (tertiary/aromatic N) is 1. The minimum atomic E-state index is 0.725. The van der Waals surface area contributed by atoms with Crippen molar-refractivity contribution in [2.45, 2.75) is 0 Å². The first-order valence-electron chi connectivity index (χ1n) is 13.4. The maximum Gasteiger partial charge on any atom is 0.170 e. The molecule has 1 aromatic heterocycles. The average molecular weight is 514 g/mol. The van der Waals surface area contributed by atoms with Crippen molar-refractivity contribution in [1.82, 2.24) is 4.98 Å². The third kappa shape index (κ3) is 3.63. The fraction of sp³-hybridized carbons (Fsp3) is 0. The van der Waals surface area contributed by atoms with E-state index in [4.69, 9.17) is 9.47 Å². The van der Waals surface area contributed by atoms with Crippen molar-refractivity contribution < 1.29 is 9.47 Å². The summed E-state index contributed by atoms with van der Waals surface area (Å²) < 4.78 is 12.2. The second-order valence-electron chi connectivity index (χ2n) is 9.97. The second kappa shape index (κ2) is 9.11. The highest BCUT2D eigenvalue weighted by Gasteiger charge is 2.19. The second-order valence-corrected chi connectivity index (χ2v) is 9.97. The molecular formula is C37H23NO2. The van der Waals surface area contributed by atoms with Crippen LogP contribution in [0, 0.1) is 0 Å². The fourth-order valence-corrected chi connectivity index (χ4v) is 5.80. The van der Waals surface area contributed by atoms with Gasteiger partial charge < -0.3 is 9.47 Å². The zero-order valence-electron chi connectivity index (χ0n) is 21.5. The van der Waals surface area contributed by atoms with Gasteiger partial charge >= 0.3 is 0 Å². The molecule has 40 heavy (non-hydrogen) atoms. The van der Waals surface area contributed by atoms with E-state index in [0.717, 1.165) is 39.7 Å². The van der Waals surface area contributed by atoms with Crippen LogP contribution in [-0.4, -0.2) is 4.98 Å². The number of hydrogen-bond donors (Lipinski definition) is 0. The first-order valence-corrected chi connectivity index (χ1v) is 13.4. The third-order valence-corrected chi connectivity index (χ3v) is 7.62. The molecule has 6 aromatic carbocycles. The fourth-order valence-electron chi connectivity index (χ4n) is 5.80.